The van der Waals surface area contributed by atoms with Gasteiger partial charge in [-0.25, -0.2) is 4.98 Å². The molecule has 0 aliphatic rings. The molecule has 0 unspecified atom stereocenters. The predicted molar refractivity (Wildman–Crippen MR) is 126 cm³/mol. The van der Waals surface area contributed by atoms with Crippen LogP contribution in [0.5, 0.6) is 0 Å². The normalized spacial score (nSPS) is 11.0. The molecule has 1 N–H and O–H groups in total. The summed E-state index contributed by atoms with van der Waals surface area (Å²) in [5.74, 6) is 0.677. The molecule has 4 aromatic rings. The summed E-state index contributed by atoms with van der Waals surface area (Å²) >= 11 is 2.63. The van der Waals surface area contributed by atoms with Gasteiger partial charge in [0.05, 0.1) is 17.4 Å². The number of hydrogen-bond donors (Lipinski definition) is 1. The lowest BCUT2D eigenvalue weighted by atomic mass is 10.1. The van der Waals surface area contributed by atoms with Crippen LogP contribution >= 0.6 is 23.1 Å². The predicted octanol–water partition coefficient (Wildman–Crippen LogP) is 4.62. The average Bonchev–Trinajstić information content (AvgIpc) is 3.44. The molecule has 0 spiro atoms. The fourth-order valence-corrected chi connectivity index (χ4v) is 4.91. The number of amides is 1. The molecule has 0 fully saturated rings. The quantitative estimate of drug-likeness (QED) is 0.240. The summed E-state index contributed by atoms with van der Waals surface area (Å²) in [6.07, 6.45) is 3.23. The average molecular weight is 452 g/mol. The maximum Gasteiger partial charge on any atom is 0.263 e. The van der Waals surface area contributed by atoms with Gasteiger partial charge in [0.15, 0.2) is 5.16 Å². The molecule has 4 rings (SSSR count). The van der Waals surface area contributed by atoms with Gasteiger partial charge in [-0.05, 0) is 24.6 Å². The Morgan fingerprint density at radius 3 is 2.84 bits per heavy atom. The summed E-state index contributed by atoms with van der Waals surface area (Å²) in [4.78, 5) is 30.9. The van der Waals surface area contributed by atoms with E-state index in [1.54, 1.807) is 23.0 Å². The van der Waals surface area contributed by atoms with Crippen molar-refractivity contribution in [3.63, 3.8) is 0 Å². The van der Waals surface area contributed by atoms with Gasteiger partial charge in [-0.2, -0.15) is 0 Å². The zero-order valence-corrected chi connectivity index (χ0v) is 18.6. The molecule has 1 amide bonds. The molecule has 6 nitrogen and oxygen atoms in total. The number of allylic oxidation sites excluding steroid dienone is 1. The fourth-order valence-electron chi connectivity index (χ4n) is 3.11. The number of thioether (sulfide) groups is 1. The number of thiophene rings is 1. The van der Waals surface area contributed by atoms with Crippen LogP contribution in [0.3, 0.4) is 0 Å². The molecule has 0 saturated heterocycles. The monoisotopic (exact) mass is 451 g/mol. The zero-order valence-electron chi connectivity index (χ0n) is 17.0. The Hall–Kier alpha value is -3.10. The number of nitrogens with one attached hydrogen (secondary N) is 1. The van der Waals surface area contributed by atoms with Crippen molar-refractivity contribution in [2.45, 2.75) is 25.2 Å². The molecule has 0 aliphatic carbocycles. The lowest BCUT2D eigenvalue weighted by molar-refractivity contribution is -0.118. The Labute approximate surface area is 187 Å². The maximum absolute atomic E-state index is 13.2. The van der Waals surface area contributed by atoms with Crippen molar-refractivity contribution in [3.05, 3.63) is 82.2 Å². The summed E-state index contributed by atoms with van der Waals surface area (Å²) < 4.78 is 7.02. The van der Waals surface area contributed by atoms with E-state index in [-0.39, 0.29) is 17.2 Å². The van der Waals surface area contributed by atoms with Crippen LogP contribution in [-0.2, 0) is 17.9 Å². The Kier molecular flexibility index (Phi) is 6.39. The van der Waals surface area contributed by atoms with Gasteiger partial charge in [0.1, 0.15) is 10.6 Å². The second kappa shape index (κ2) is 9.36. The minimum Gasteiger partial charge on any atom is -0.464 e. The van der Waals surface area contributed by atoms with Gasteiger partial charge >= 0.3 is 0 Å². The third kappa shape index (κ3) is 4.65. The number of furan rings is 1. The van der Waals surface area contributed by atoms with E-state index in [0.29, 0.717) is 34.2 Å². The number of hydrogen-bond acceptors (Lipinski definition) is 6. The van der Waals surface area contributed by atoms with E-state index in [0.717, 1.165) is 11.1 Å². The highest BCUT2D eigenvalue weighted by atomic mass is 32.2. The number of aryl methyl sites for hydroxylation is 1. The van der Waals surface area contributed by atoms with Gasteiger partial charge in [0, 0.05) is 24.0 Å². The highest BCUT2D eigenvalue weighted by Gasteiger charge is 2.18. The molecule has 158 valence electrons. The molecular weight excluding hydrogens is 430 g/mol. The van der Waals surface area contributed by atoms with E-state index in [1.165, 1.54) is 28.7 Å². The molecule has 0 atom stereocenters. The number of carbonyl (C=O) groups is 1. The zero-order chi connectivity index (χ0) is 21.8. The van der Waals surface area contributed by atoms with Crippen LogP contribution in [0.15, 0.2) is 75.1 Å². The lowest BCUT2D eigenvalue weighted by Crippen LogP contribution is -2.26. The minimum atomic E-state index is -0.167. The molecule has 0 saturated carbocycles. The van der Waals surface area contributed by atoms with E-state index >= 15 is 0 Å². The van der Waals surface area contributed by atoms with Crippen molar-refractivity contribution in [2.75, 3.05) is 5.75 Å². The molecule has 8 heteroatoms. The fraction of sp³-hybridized carbons (Fsp3) is 0.174. The first-order chi connectivity index (χ1) is 15.1. The van der Waals surface area contributed by atoms with Crippen molar-refractivity contribution in [3.8, 4) is 11.3 Å². The number of nitrogens with zero attached hydrogens (tertiary/aromatic N) is 2. The first-order valence-corrected chi connectivity index (χ1v) is 11.5. The molecule has 0 radical (unpaired) electrons. The molecule has 0 aliphatic heterocycles. The van der Waals surface area contributed by atoms with Gasteiger partial charge in [-0.1, -0.05) is 47.7 Å². The van der Waals surface area contributed by atoms with Crippen LogP contribution in [0.4, 0.5) is 0 Å². The lowest BCUT2D eigenvalue weighted by Gasteiger charge is -2.11. The second-order valence-corrected chi connectivity index (χ2v) is 8.76. The summed E-state index contributed by atoms with van der Waals surface area (Å²) in [6.45, 7) is 6.54. The van der Waals surface area contributed by atoms with Crippen LogP contribution in [0.1, 0.15) is 11.1 Å². The van der Waals surface area contributed by atoms with Crippen LogP contribution < -0.4 is 10.9 Å². The van der Waals surface area contributed by atoms with Crippen LogP contribution in [0.25, 0.3) is 21.5 Å². The standard InChI is InChI=1S/C23H21N3O3S2/c1-3-10-26-22(28)20-17(18-5-4-11-29-18)13-30-21(20)25-23(26)31-14-19(27)24-12-16-8-6-15(2)7-9-16/h3-9,11,13H,1,10,12,14H2,2H3,(H,24,27). The molecule has 1 aromatic carbocycles. The number of carbonyl (C=O) groups excluding carboxylic acids is 1. The Balaban J connectivity index is 1.53. The summed E-state index contributed by atoms with van der Waals surface area (Å²) in [5.41, 5.74) is 2.78. The second-order valence-electron chi connectivity index (χ2n) is 6.96. The van der Waals surface area contributed by atoms with Crippen molar-refractivity contribution in [1.29, 1.82) is 0 Å². The summed E-state index contributed by atoms with van der Waals surface area (Å²) in [6, 6.07) is 11.6. The molecule has 3 heterocycles. The molecular formula is C23H21N3O3S2. The summed E-state index contributed by atoms with van der Waals surface area (Å²) in [7, 11) is 0. The molecule has 3 aromatic heterocycles. The van der Waals surface area contributed by atoms with E-state index < -0.39 is 0 Å². The highest BCUT2D eigenvalue weighted by Crippen LogP contribution is 2.32. The van der Waals surface area contributed by atoms with Crippen LogP contribution in [0, 0.1) is 6.92 Å². The Bertz CT molecular complexity index is 1270. The van der Waals surface area contributed by atoms with E-state index in [2.05, 4.69) is 16.9 Å². The number of rotatable bonds is 8. The molecule has 0 bridgehead atoms. The Morgan fingerprint density at radius 1 is 1.32 bits per heavy atom. The van der Waals surface area contributed by atoms with Gasteiger partial charge in [-0.3, -0.25) is 14.2 Å². The first kappa shape index (κ1) is 21.1. The number of fused-ring (bicyclic) bond motifs is 1. The van der Waals surface area contributed by atoms with E-state index in [4.69, 9.17) is 4.42 Å². The first-order valence-electron chi connectivity index (χ1n) is 9.68. The van der Waals surface area contributed by atoms with Crippen molar-refractivity contribution < 1.29 is 9.21 Å². The van der Waals surface area contributed by atoms with Crippen LogP contribution in [-0.4, -0.2) is 21.2 Å². The van der Waals surface area contributed by atoms with Gasteiger partial charge in [0.2, 0.25) is 5.91 Å². The minimum absolute atomic E-state index is 0.118. The maximum atomic E-state index is 13.2. The Morgan fingerprint density at radius 2 is 2.13 bits per heavy atom. The van der Waals surface area contributed by atoms with Gasteiger partial charge < -0.3 is 9.73 Å². The van der Waals surface area contributed by atoms with E-state index in [9.17, 15) is 9.59 Å². The summed E-state index contributed by atoms with van der Waals surface area (Å²) in [5, 5.41) is 5.80. The highest BCUT2D eigenvalue weighted by molar-refractivity contribution is 7.99. The van der Waals surface area contributed by atoms with Crippen molar-refractivity contribution in [1.82, 2.24) is 14.9 Å². The topological polar surface area (TPSA) is 77.1 Å². The van der Waals surface area contributed by atoms with Crippen LogP contribution in [0.2, 0.25) is 0 Å². The number of aromatic nitrogens is 2. The van der Waals surface area contributed by atoms with Crippen molar-refractivity contribution in [2.24, 2.45) is 0 Å². The van der Waals surface area contributed by atoms with Gasteiger partial charge in [0.25, 0.3) is 5.56 Å². The van der Waals surface area contributed by atoms with E-state index in [1.807, 2.05) is 42.6 Å². The van der Waals surface area contributed by atoms with Gasteiger partial charge in [-0.15, -0.1) is 17.9 Å². The number of benzene rings is 1. The smallest absolute Gasteiger partial charge is 0.263 e. The molecule has 31 heavy (non-hydrogen) atoms. The largest absolute Gasteiger partial charge is 0.464 e. The third-order valence-corrected chi connectivity index (χ3v) is 6.55. The SMILES string of the molecule is C=CCn1c(SCC(=O)NCc2ccc(C)cc2)nc2scc(-c3ccco3)c2c1=O. The third-order valence-electron chi connectivity index (χ3n) is 4.70. The van der Waals surface area contributed by atoms with Crippen molar-refractivity contribution >= 4 is 39.2 Å².